The molecule has 0 N–H and O–H groups in total. The van der Waals surface area contributed by atoms with Crippen LogP contribution in [0.5, 0.6) is 0 Å². The molecular formula is C9H15NO2. The Morgan fingerprint density at radius 2 is 1.17 bits per heavy atom. The van der Waals surface area contributed by atoms with Gasteiger partial charge in [-0.1, -0.05) is 0 Å². The lowest BCUT2D eigenvalue weighted by atomic mass is 9.70. The van der Waals surface area contributed by atoms with Crippen molar-refractivity contribution < 1.29 is 9.59 Å². The lowest BCUT2D eigenvalue weighted by Crippen LogP contribution is -2.35. The van der Waals surface area contributed by atoms with Crippen molar-refractivity contribution in [2.24, 2.45) is 10.8 Å². The van der Waals surface area contributed by atoms with Crippen LogP contribution in [0.1, 0.15) is 27.7 Å². The van der Waals surface area contributed by atoms with E-state index in [9.17, 15) is 9.59 Å². The van der Waals surface area contributed by atoms with Crippen molar-refractivity contribution in [1.82, 2.24) is 4.90 Å². The Kier molecular flexibility index (Phi) is 1.61. The van der Waals surface area contributed by atoms with E-state index in [1.165, 1.54) is 4.90 Å². The molecule has 3 heteroatoms. The molecule has 0 radical (unpaired) electrons. The number of carbonyl (C=O) groups is 2. The molecule has 1 saturated heterocycles. The Morgan fingerprint density at radius 3 is 1.25 bits per heavy atom. The van der Waals surface area contributed by atoms with E-state index in [-0.39, 0.29) is 11.8 Å². The zero-order valence-corrected chi connectivity index (χ0v) is 8.26. The van der Waals surface area contributed by atoms with Gasteiger partial charge in [-0.05, 0) is 27.7 Å². The highest BCUT2D eigenvalue weighted by Crippen LogP contribution is 2.46. The summed E-state index contributed by atoms with van der Waals surface area (Å²) < 4.78 is 0. The van der Waals surface area contributed by atoms with Crippen LogP contribution in [0.25, 0.3) is 0 Å². The summed E-state index contributed by atoms with van der Waals surface area (Å²) in [7, 11) is 1.54. The zero-order chi connectivity index (χ0) is 9.73. The molecule has 0 aromatic carbocycles. The van der Waals surface area contributed by atoms with Crippen molar-refractivity contribution in [2.45, 2.75) is 27.7 Å². The number of imide groups is 1. The number of hydrogen-bond acceptors (Lipinski definition) is 2. The van der Waals surface area contributed by atoms with Gasteiger partial charge in [-0.3, -0.25) is 14.5 Å². The molecule has 0 unspecified atom stereocenters. The second-order valence-corrected chi connectivity index (χ2v) is 4.42. The molecular weight excluding hydrogens is 154 g/mol. The van der Waals surface area contributed by atoms with E-state index >= 15 is 0 Å². The lowest BCUT2D eigenvalue weighted by Gasteiger charge is -2.28. The monoisotopic (exact) mass is 169 g/mol. The normalized spacial score (nSPS) is 26.6. The minimum atomic E-state index is -0.571. The quantitative estimate of drug-likeness (QED) is 0.508. The summed E-state index contributed by atoms with van der Waals surface area (Å²) in [5, 5.41) is 0. The average molecular weight is 169 g/mol. The third kappa shape index (κ3) is 0.765. The fourth-order valence-electron chi connectivity index (χ4n) is 1.47. The van der Waals surface area contributed by atoms with Crippen molar-refractivity contribution in [3.8, 4) is 0 Å². The molecule has 1 rings (SSSR count). The smallest absolute Gasteiger partial charge is 0.235 e. The van der Waals surface area contributed by atoms with Gasteiger partial charge in [-0.15, -0.1) is 0 Å². The van der Waals surface area contributed by atoms with Gasteiger partial charge in [0, 0.05) is 7.05 Å². The summed E-state index contributed by atoms with van der Waals surface area (Å²) in [4.78, 5) is 24.3. The molecule has 0 saturated carbocycles. The van der Waals surface area contributed by atoms with Crippen LogP contribution in [0.3, 0.4) is 0 Å². The van der Waals surface area contributed by atoms with Crippen LogP contribution < -0.4 is 0 Å². The van der Waals surface area contributed by atoms with Gasteiger partial charge in [0.2, 0.25) is 11.8 Å². The highest BCUT2D eigenvalue weighted by atomic mass is 16.2. The first-order valence-corrected chi connectivity index (χ1v) is 4.05. The second-order valence-electron chi connectivity index (χ2n) is 4.42. The topological polar surface area (TPSA) is 37.4 Å². The largest absolute Gasteiger partial charge is 0.285 e. The summed E-state index contributed by atoms with van der Waals surface area (Å²) in [5.41, 5.74) is -1.14. The maximum atomic E-state index is 11.6. The van der Waals surface area contributed by atoms with Gasteiger partial charge in [0.05, 0.1) is 10.8 Å². The summed E-state index contributed by atoms with van der Waals surface area (Å²) in [6.07, 6.45) is 0. The molecule has 2 amide bonds. The number of nitrogens with zero attached hydrogens (tertiary/aromatic N) is 1. The van der Waals surface area contributed by atoms with E-state index < -0.39 is 10.8 Å². The maximum Gasteiger partial charge on any atom is 0.235 e. The SMILES string of the molecule is CN1C(=O)C(C)(C)C(C)(C)C1=O. The summed E-state index contributed by atoms with van der Waals surface area (Å²) >= 11 is 0. The highest BCUT2D eigenvalue weighted by molar-refractivity contribution is 6.08. The van der Waals surface area contributed by atoms with Crippen molar-refractivity contribution in [1.29, 1.82) is 0 Å². The third-order valence-corrected chi connectivity index (χ3v) is 3.24. The number of rotatable bonds is 0. The van der Waals surface area contributed by atoms with E-state index in [1.807, 2.05) is 27.7 Å². The van der Waals surface area contributed by atoms with Gasteiger partial charge in [-0.25, -0.2) is 0 Å². The van der Waals surface area contributed by atoms with Gasteiger partial charge in [0.1, 0.15) is 0 Å². The molecule has 1 heterocycles. The molecule has 0 spiro atoms. The number of amides is 2. The molecule has 1 aliphatic heterocycles. The fourth-order valence-corrected chi connectivity index (χ4v) is 1.47. The predicted molar refractivity (Wildman–Crippen MR) is 45.3 cm³/mol. The van der Waals surface area contributed by atoms with Crippen molar-refractivity contribution in [3.05, 3.63) is 0 Å². The maximum absolute atomic E-state index is 11.6. The van der Waals surface area contributed by atoms with E-state index in [2.05, 4.69) is 0 Å². The Bertz CT molecular complexity index is 227. The third-order valence-electron chi connectivity index (χ3n) is 3.24. The minimum Gasteiger partial charge on any atom is -0.285 e. The van der Waals surface area contributed by atoms with Crippen LogP contribution in [-0.2, 0) is 9.59 Å². The molecule has 0 atom stereocenters. The first kappa shape index (κ1) is 9.23. The number of likely N-dealkylation sites (tertiary alicyclic amines) is 1. The van der Waals surface area contributed by atoms with Gasteiger partial charge < -0.3 is 0 Å². The number of carbonyl (C=O) groups excluding carboxylic acids is 2. The molecule has 68 valence electrons. The Hall–Kier alpha value is -0.860. The van der Waals surface area contributed by atoms with Crippen molar-refractivity contribution >= 4 is 11.8 Å². The van der Waals surface area contributed by atoms with Crippen LogP contribution in [-0.4, -0.2) is 23.8 Å². The summed E-state index contributed by atoms with van der Waals surface area (Å²) in [5.74, 6) is -0.171. The number of hydrogen-bond donors (Lipinski definition) is 0. The predicted octanol–water partition coefficient (Wildman–Crippen LogP) is 1.04. The molecule has 3 nitrogen and oxygen atoms in total. The van der Waals surface area contributed by atoms with Gasteiger partial charge >= 0.3 is 0 Å². The van der Waals surface area contributed by atoms with Crippen molar-refractivity contribution in [2.75, 3.05) is 7.05 Å². The van der Waals surface area contributed by atoms with Crippen LogP contribution in [0.4, 0.5) is 0 Å². The average Bonchev–Trinajstić information content (AvgIpc) is 2.05. The van der Waals surface area contributed by atoms with Crippen LogP contribution in [0, 0.1) is 10.8 Å². The van der Waals surface area contributed by atoms with Gasteiger partial charge in [-0.2, -0.15) is 0 Å². The van der Waals surface area contributed by atoms with Crippen molar-refractivity contribution in [3.63, 3.8) is 0 Å². The Balaban J connectivity index is 3.24. The molecule has 0 aromatic heterocycles. The van der Waals surface area contributed by atoms with E-state index in [1.54, 1.807) is 7.05 Å². The highest BCUT2D eigenvalue weighted by Gasteiger charge is 2.57. The molecule has 0 aliphatic carbocycles. The summed E-state index contributed by atoms with van der Waals surface area (Å²) in [6, 6.07) is 0. The molecule has 0 aromatic rings. The minimum absolute atomic E-state index is 0.0856. The lowest BCUT2D eigenvalue weighted by molar-refractivity contribution is -0.139. The van der Waals surface area contributed by atoms with Crippen LogP contribution in [0.2, 0.25) is 0 Å². The second kappa shape index (κ2) is 2.09. The molecule has 0 bridgehead atoms. The van der Waals surface area contributed by atoms with E-state index in [4.69, 9.17) is 0 Å². The first-order chi connectivity index (χ1) is 5.23. The Labute approximate surface area is 72.7 Å². The van der Waals surface area contributed by atoms with Crippen LogP contribution in [0.15, 0.2) is 0 Å². The molecule has 12 heavy (non-hydrogen) atoms. The zero-order valence-electron chi connectivity index (χ0n) is 8.26. The van der Waals surface area contributed by atoms with Crippen LogP contribution >= 0.6 is 0 Å². The molecule has 1 aliphatic rings. The standard InChI is InChI=1S/C9H15NO2/c1-8(2)6(11)10(5)7(12)9(8,3)4/h1-5H3. The van der Waals surface area contributed by atoms with Gasteiger partial charge in [0.15, 0.2) is 0 Å². The van der Waals surface area contributed by atoms with E-state index in [0.717, 1.165) is 0 Å². The first-order valence-electron chi connectivity index (χ1n) is 4.05. The Morgan fingerprint density at radius 1 is 0.917 bits per heavy atom. The molecule has 1 fully saturated rings. The fraction of sp³-hybridized carbons (Fsp3) is 0.778. The van der Waals surface area contributed by atoms with E-state index in [0.29, 0.717) is 0 Å². The van der Waals surface area contributed by atoms with Gasteiger partial charge in [0.25, 0.3) is 0 Å². The summed E-state index contributed by atoms with van der Waals surface area (Å²) in [6.45, 7) is 7.26.